The van der Waals surface area contributed by atoms with E-state index in [1.807, 2.05) is 0 Å². The second-order valence-electron chi connectivity index (χ2n) is 10.9. The van der Waals surface area contributed by atoms with Crippen LogP contribution < -0.4 is 28.4 Å². The topological polar surface area (TPSA) is 164 Å². The Balaban J connectivity index is 1.98. The van der Waals surface area contributed by atoms with E-state index in [9.17, 15) is 19.8 Å². The zero-order chi connectivity index (χ0) is 37.3. The Kier molecular flexibility index (Phi) is 12.4. The zero-order valence-corrected chi connectivity index (χ0v) is 29.6. The molecule has 4 aromatic carbocycles. The molecule has 13 heteroatoms. The van der Waals surface area contributed by atoms with Gasteiger partial charge in [0.25, 0.3) is 0 Å². The minimum absolute atomic E-state index is 0.0308. The number of sulfone groups is 1. The summed E-state index contributed by atoms with van der Waals surface area (Å²) in [5.74, 6) is -0.0592. The highest BCUT2D eigenvalue weighted by atomic mass is 32.2. The second kappa shape index (κ2) is 16.6. The molecule has 2 N–H and O–H groups in total. The summed E-state index contributed by atoms with van der Waals surface area (Å²) in [6.45, 7) is 0. The van der Waals surface area contributed by atoms with Crippen molar-refractivity contribution < 1.29 is 56.6 Å². The summed E-state index contributed by atoms with van der Waals surface area (Å²) < 4.78 is 63.1. The average Bonchev–Trinajstić information content (AvgIpc) is 3.14. The van der Waals surface area contributed by atoms with Gasteiger partial charge in [-0.1, -0.05) is 36.4 Å². The predicted octanol–water partition coefficient (Wildman–Crippen LogP) is 6.76. The lowest BCUT2D eigenvalue weighted by Gasteiger charge is -2.22. The van der Waals surface area contributed by atoms with E-state index in [1.165, 1.54) is 103 Å². The number of carboxylic acids is 2. The van der Waals surface area contributed by atoms with Crippen molar-refractivity contribution >= 4 is 33.9 Å². The summed E-state index contributed by atoms with van der Waals surface area (Å²) in [7, 11) is 4.42. The van der Waals surface area contributed by atoms with Crippen LogP contribution in [0.4, 0.5) is 0 Å². The van der Waals surface area contributed by atoms with Crippen LogP contribution in [-0.4, -0.2) is 73.2 Å². The highest BCUT2D eigenvalue weighted by molar-refractivity contribution is 7.92. The molecule has 0 aliphatic heterocycles. The molecule has 51 heavy (non-hydrogen) atoms. The molecule has 2 atom stereocenters. The van der Waals surface area contributed by atoms with Gasteiger partial charge in [0.05, 0.1) is 64.9 Å². The van der Waals surface area contributed by atoms with E-state index < -0.39 is 32.3 Å². The molecule has 0 bridgehead atoms. The molecule has 0 aromatic heterocycles. The molecule has 0 spiro atoms. The molecule has 0 aliphatic rings. The van der Waals surface area contributed by atoms with E-state index in [0.717, 1.165) is 0 Å². The molecular weight excluding hydrogens is 680 g/mol. The maximum atomic E-state index is 15.0. The number of methoxy groups -OCH3 is 6. The highest BCUT2D eigenvalue weighted by Gasteiger charge is 2.34. The quantitative estimate of drug-likeness (QED) is 0.125. The summed E-state index contributed by atoms with van der Waals surface area (Å²) in [5, 5.41) is 16.3. The Bertz CT molecular complexity index is 1840. The summed E-state index contributed by atoms with van der Waals surface area (Å²) >= 11 is 0. The molecule has 268 valence electrons. The lowest BCUT2D eigenvalue weighted by molar-refractivity contribution is 0.0686. The van der Waals surface area contributed by atoms with Crippen LogP contribution in [0.5, 0.6) is 34.5 Å². The van der Waals surface area contributed by atoms with Crippen LogP contribution in [0, 0.1) is 0 Å². The van der Waals surface area contributed by atoms with Gasteiger partial charge in [0.2, 0.25) is 0 Å². The standard InChI is InChI=1S/C38H38O12S/c1-45-27-19-31(47-3)29(32(20-27)48-4)15-17-35(23-7-11-25(12-8-23)37(39)40)51(43,44)36(24-9-13-26(14-10-24)38(41)42)18-16-30-33(49-5)21-28(46-2)22-34(30)50-6/h7-22,35-36H,1-6H3,(H,39,40)(H,41,42). The molecular formula is C38H38O12S. The molecule has 0 heterocycles. The van der Waals surface area contributed by atoms with Crippen LogP contribution in [0.25, 0.3) is 12.2 Å². The summed E-state index contributed by atoms with van der Waals surface area (Å²) in [5.41, 5.74) is 1.32. The molecule has 4 rings (SSSR count). The summed E-state index contributed by atoms with van der Waals surface area (Å²) in [6.07, 6.45) is 6.01. The molecule has 4 aromatic rings. The van der Waals surface area contributed by atoms with Crippen LogP contribution >= 0.6 is 0 Å². The number of carboxylic acid groups (broad SMARTS) is 2. The van der Waals surface area contributed by atoms with Crippen LogP contribution in [0.3, 0.4) is 0 Å². The van der Waals surface area contributed by atoms with Crippen LogP contribution in [0.2, 0.25) is 0 Å². The first-order valence-corrected chi connectivity index (χ1v) is 16.9. The first kappa shape index (κ1) is 37.9. The number of aromatic carboxylic acids is 2. The molecule has 0 fully saturated rings. The first-order chi connectivity index (χ1) is 24.4. The lowest BCUT2D eigenvalue weighted by Crippen LogP contribution is -2.19. The van der Waals surface area contributed by atoms with Crippen molar-refractivity contribution in [3.05, 3.63) is 118 Å². The van der Waals surface area contributed by atoms with Gasteiger partial charge in [0.1, 0.15) is 45.0 Å². The van der Waals surface area contributed by atoms with E-state index in [0.29, 0.717) is 45.6 Å². The maximum absolute atomic E-state index is 15.0. The number of hydrogen-bond acceptors (Lipinski definition) is 10. The van der Waals surface area contributed by atoms with E-state index in [2.05, 4.69) is 0 Å². The zero-order valence-electron chi connectivity index (χ0n) is 28.8. The van der Waals surface area contributed by atoms with Crippen molar-refractivity contribution in [2.75, 3.05) is 42.7 Å². The largest absolute Gasteiger partial charge is 0.496 e. The van der Waals surface area contributed by atoms with E-state index in [1.54, 1.807) is 36.4 Å². The molecule has 0 amide bonds. The van der Waals surface area contributed by atoms with Gasteiger partial charge in [-0.3, -0.25) is 0 Å². The van der Waals surface area contributed by atoms with Gasteiger partial charge >= 0.3 is 11.9 Å². The Labute approximate surface area is 296 Å². The van der Waals surface area contributed by atoms with Crippen molar-refractivity contribution in [1.82, 2.24) is 0 Å². The third kappa shape index (κ3) is 8.44. The van der Waals surface area contributed by atoms with Crippen LogP contribution in [-0.2, 0) is 9.84 Å². The fourth-order valence-electron chi connectivity index (χ4n) is 5.37. The van der Waals surface area contributed by atoms with Gasteiger partial charge in [0.15, 0.2) is 9.84 Å². The highest BCUT2D eigenvalue weighted by Crippen LogP contribution is 2.42. The first-order valence-electron chi connectivity index (χ1n) is 15.3. The van der Waals surface area contributed by atoms with Crippen LogP contribution in [0.15, 0.2) is 84.9 Å². The number of hydrogen-bond donors (Lipinski definition) is 2. The predicted molar refractivity (Wildman–Crippen MR) is 191 cm³/mol. The Hall–Kier alpha value is -5.95. The van der Waals surface area contributed by atoms with Gasteiger partial charge in [-0.05, 0) is 47.5 Å². The monoisotopic (exact) mass is 718 g/mol. The maximum Gasteiger partial charge on any atom is 0.335 e. The average molecular weight is 719 g/mol. The van der Waals surface area contributed by atoms with Gasteiger partial charge in [-0.2, -0.15) is 0 Å². The van der Waals surface area contributed by atoms with Crippen molar-refractivity contribution in [1.29, 1.82) is 0 Å². The third-order valence-corrected chi connectivity index (χ3v) is 10.3. The van der Waals surface area contributed by atoms with Crippen molar-refractivity contribution in [2.24, 2.45) is 0 Å². The van der Waals surface area contributed by atoms with Gasteiger partial charge in [-0.15, -0.1) is 0 Å². The summed E-state index contributed by atoms with van der Waals surface area (Å²) in [4.78, 5) is 23.3. The normalized spacial score (nSPS) is 12.7. The molecule has 0 saturated carbocycles. The van der Waals surface area contributed by atoms with E-state index in [4.69, 9.17) is 28.4 Å². The molecule has 0 saturated heterocycles. The number of carbonyl (C=O) groups is 2. The van der Waals surface area contributed by atoms with E-state index >= 15 is 8.42 Å². The molecule has 2 unspecified atom stereocenters. The summed E-state index contributed by atoms with van der Waals surface area (Å²) in [6, 6.07) is 17.5. The van der Waals surface area contributed by atoms with Crippen molar-refractivity contribution in [3.63, 3.8) is 0 Å². The fraction of sp³-hybridized carbons (Fsp3) is 0.211. The van der Waals surface area contributed by atoms with Gasteiger partial charge in [-0.25, -0.2) is 18.0 Å². The van der Waals surface area contributed by atoms with Crippen molar-refractivity contribution in [2.45, 2.75) is 10.5 Å². The molecule has 0 aliphatic carbocycles. The van der Waals surface area contributed by atoms with E-state index in [-0.39, 0.29) is 22.3 Å². The number of ether oxygens (including phenoxy) is 6. The number of benzene rings is 4. The lowest BCUT2D eigenvalue weighted by atomic mass is 10.1. The minimum atomic E-state index is -4.36. The minimum Gasteiger partial charge on any atom is -0.496 e. The number of rotatable bonds is 16. The third-order valence-electron chi connectivity index (χ3n) is 8.06. The van der Waals surface area contributed by atoms with Crippen molar-refractivity contribution in [3.8, 4) is 34.5 Å². The van der Waals surface area contributed by atoms with Crippen LogP contribution in [0.1, 0.15) is 53.5 Å². The Morgan fingerprint density at radius 1 is 0.529 bits per heavy atom. The molecule has 12 nitrogen and oxygen atoms in total. The Morgan fingerprint density at radius 3 is 1.06 bits per heavy atom. The second-order valence-corrected chi connectivity index (χ2v) is 13.1. The van der Waals surface area contributed by atoms with Gasteiger partial charge < -0.3 is 38.6 Å². The SMILES string of the molecule is COc1cc(OC)c(C=CC(c2ccc(C(=O)O)cc2)S(=O)(=O)C(C=Cc2c(OC)cc(OC)cc2OC)c2ccc(C(=O)O)cc2)c(OC)c1. The Morgan fingerprint density at radius 2 is 0.824 bits per heavy atom. The smallest absolute Gasteiger partial charge is 0.335 e. The molecule has 0 radical (unpaired) electrons. The van der Waals surface area contributed by atoms with Gasteiger partial charge in [0, 0.05) is 24.3 Å². The fourth-order valence-corrected chi connectivity index (χ4v) is 7.35.